The van der Waals surface area contributed by atoms with Crippen LogP contribution in [0.1, 0.15) is 24.8 Å². The van der Waals surface area contributed by atoms with E-state index in [1.807, 2.05) is 0 Å². The number of alkyl halides is 3. The van der Waals surface area contributed by atoms with Crippen molar-refractivity contribution in [1.29, 1.82) is 0 Å². The first-order valence-corrected chi connectivity index (χ1v) is 5.93. The molecule has 112 valence electrons. The van der Waals surface area contributed by atoms with E-state index < -0.39 is 39.9 Å². The van der Waals surface area contributed by atoms with Crippen LogP contribution in [0.15, 0.2) is 18.2 Å². The lowest BCUT2D eigenvalue weighted by Crippen LogP contribution is -2.40. The predicted molar refractivity (Wildman–Crippen MR) is 64.4 cm³/mol. The van der Waals surface area contributed by atoms with Crippen LogP contribution in [-0.4, -0.2) is 16.7 Å². The van der Waals surface area contributed by atoms with Gasteiger partial charge < -0.3 is 0 Å². The van der Waals surface area contributed by atoms with Crippen LogP contribution in [0.2, 0.25) is 0 Å². The van der Waals surface area contributed by atoms with Crippen molar-refractivity contribution in [1.82, 2.24) is 0 Å². The van der Waals surface area contributed by atoms with Crippen molar-refractivity contribution in [3.63, 3.8) is 0 Å². The third-order valence-corrected chi connectivity index (χ3v) is 3.02. The Balaban J connectivity index is 2.55. The van der Waals surface area contributed by atoms with Crippen molar-refractivity contribution in [3.05, 3.63) is 33.9 Å². The number of imide groups is 1. The van der Waals surface area contributed by atoms with Gasteiger partial charge in [0.25, 0.3) is 5.69 Å². The highest BCUT2D eigenvalue weighted by atomic mass is 19.4. The fourth-order valence-electron chi connectivity index (χ4n) is 2.06. The number of nitro benzene ring substituents is 1. The number of carbonyl (C=O) groups is 2. The van der Waals surface area contributed by atoms with Gasteiger partial charge in [-0.2, -0.15) is 13.2 Å². The molecule has 0 atom stereocenters. The predicted octanol–water partition coefficient (Wildman–Crippen LogP) is 2.66. The molecule has 1 aromatic carbocycles. The van der Waals surface area contributed by atoms with Gasteiger partial charge in [-0.25, -0.2) is 4.90 Å². The van der Waals surface area contributed by atoms with Crippen LogP contribution >= 0.6 is 0 Å². The molecule has 0 spiro atoms. The molecule has 0 N–H and O–H groups in total. The molecular weight excluding hydrogens is 293 g/mol. The summed E-state index contributed by atoms with van der Waals surface area (Å²) < 4.78 is 37.8. The highest BCUT2D eigenvalue weighted by Crippen LogP contribution is 2.37. The normalized spacial score (nSPS) is 16.2. The lowest BCUT2D eigenvalue weighted by atomic mass is 10.1. The summed E-state index contributed by atoms with van der Waals surface area (Å²) in [6.45, 7) is 0. The molecule has 0 radical (unpaired) electrons. The minimum Gasteiger partial charge on any atom is -0.274 e. The van der Waals surface area contributed by atoms with Gasteiger partial charge >= 0.3 is 6.18 Å². The second-order valence-corrected chi connectivity index (χ2v) is 4.43. The van der Waals surface area contributed by atoms with Gasteiger partial charge in [-0.3, -0.25) is 19.7 Å². The van der Waals surface area contributed by atoms with E-state index in [1.54, 1.807) is 0 Å². The van der Waals surface area contributed by atoms with E-state index in [2.05, 4.69) is 0 Å². The highest BCUT2D eigenvalue weighted by molar-refractivity contribution is 6.17. The standard InChI is InChI=1S/C12H9F3N2O4/c13-12(14,15)7-4-5-8(9(6-7)17(20)21)16-10(18)2-1-3-11(16)19/h4-6H,1-3H2. The van der Waals surface area contributed by atoms with Gasteiger partial charge in [0.15, 0.2) is 0 Å². The van der Waals surface area contributed by atoms with Gasteiger partial charge in [0, 0.05) is 18.9 Å². The van der Waals surface area contributed by atoms with E-state index in [0.29, 0.717) is 23.5 Å². The van der Waals surface area contributed by atoms with Crippen molar-refractivity contribution in [2.75, 3.05) is 4.90 Å². The van der Waals surface area contributed by atoms with Crippen LogP contribution in [0.25, 0.3) is 0 Å². The number of amides is 2. The minimum atomic E-state index is -4.75. The summed E-state index contributed by atoms with van der Waals surface area (Å²) in [5, 5.41) is 10.9. The van der Waals surface area contributed by atoms with Crippen LogP contribution in [-0.2, 0) is 15.8 Å². The molecule has 1 aliphatic rings. The molecule has 2 rings (SSSR count). The topological polar surface area (TPSA) is 80.5 Å². The van der Waals surface area contributed by atoms with E-state index in [4.69, 9.17) is 0 Å². The Morgan fingerprint density at radius 1 is 1.14 bits per heavy atom. The van der Waals surface area contributed by atoms with E-state index in [0.717, 1.165) is 6.07 Å². The summed E-state index contributed by atoms with van der Waals surface area (Å²) in [4.78, 5) is 33.9. The summed E-state index contributed by atoms with van der Waals surface area (Å²) in [6, 6.07) is 1.71. The van der Waals surface area contributed by atoms with Gasteiger partial charge in [-0.1, -0.05) is 0 Å². The van der Waals surface area contributed by atoms with Crippen LogP contribution in [0.3, 0.4) is 0 Å². The van der Waals surface area contributed by atoms with Crippen molar-refractivity contribution in [3.8, 4) is 0 Å². The maximum atomic E-state index is 12.6. The second-order valence-electron chi connectivity index (χ2n) is 4.43. The fourth-order valence-corrected chi connectivity index (χ4v) is 2.06. The highest BCUT2D eigenvalue weighted by Gasteiger charge is 2.36. The zero-order chi connectivity index (χ0) is 15.8. The number of halogens is 3. The Hall–Kier alpha value is -2.45. The third-order valence-electron chi connectivity index (χ3n) is 3.02. The molecular formula is C12H9F3N2O4. The largest absolute Gasteiger partial charge is 0.416 e. The van der Waals surface area contributed by atoms with Crippen LogP contribution < -0.4 is 4.90 Å². The fraction of sp³-hybridized carbons (Fsp3) is 0.333. The maximum absolute atomic E-state index is 12.6. The number of hydrogen-bond donors (Lipinski definition) is 0. The van der Waals surface area contributed by atoms with Crippen molar-refractivity contribution < 1.29 is 27.7 Å². The molecule has 0 saturated carbocycles. The second kappa shape index (κ2) is 5.15. The summed E-state index contributed by atoms with van der Waals surface area (Å²) in [7, 11) is 0. The number of benzene rings is 1. The van der Waals surface area contributed by atoms with Crippen LogP contribution in [0.4, 0.5) is 24.5 Å². The molecule has 21 heavy (non-hydrogen) atoms. The molecule has 9 heteroatoms. The molecule has 2 amide bonds. The Morgan fingerprint density at radius 3 is 2.19 bits per heavy atom. The SMILES string of the molecule is O=C1CCCC(=O)N1c1ccc(C(F)(F)F)cc1[N+](=O)[O-]. The number of anilines is 1. The molecule has 1 saturated heterocycles. The maximum Gasteiger partial charge on any atom is 0.416 e. The monoisotopic (exact) mass is 302 g/mol. The third kappa shape index (κ3) is 2.86. The average molecular weight is 302 g/mol. The lowest BCUT2D eigenvalue weighted by molar-refractivity contribution is -0.384. The summed E-state index contributed by atoms with van der Waals surface area (Å²) in [5.41, 5.74) is -2.56. The van der Waals surface area contributed by atoms with Gasteiger partial charge in [-0.15, -0.1) is 0 Å². The summed E-state index contributed by atoms with van der Waals surface area (Å²) in [5.74, 6) is -1.32. The molecule has 0 bridgehead atoms. The molecule has 0 unspecified atom stereocenters. The van der Waals surface area contributed by atoms with E-state index in [9.17, 15) is 32.9 Å². The molecule has 1 aliphatic heterocycles. The number of nitro groups is 1. The molecule has 6 nitrogen and oxygen atoms in total. The van der Waals surface area contributed by atoms with E-state index in [1.165, 1.54) is 0 Å². The van der Waals surface area contributed by atoms with Crippen molar-refractivity contribution >= 4 is 23.2 Å². The zero-order valence-corrected chi connectivity index (χ0v) is 10.5. The number of carbonyl (C=O) groups excluding carboxylic acids is 2. The smallest absolute Gasteiger partial charge is 0.274 e. The zero-order valence-electron chi connectivity index (χ0n) is 10.5. The summed E-state index contributed by atoms with van der Waals surface area (Å²) >= 11 is 0. The number of rotatable bonds is 2. The number of piperidine rings is 1. The lowest BCUT2D eigenvalue weighted by Gasteiger charge is -2.24. The number of hydrogen-bond acceptors (Lipinski definition) is 4. The first-order valence-electron chi connectivity index (χ1n) is 5.93. The van der Waals surface area contributed by atoms with Crippen LogP contribution in [0, 0.1) is 10.1 Å². The Labute approximate surface area is 116 Å². The molecule has 1 heterocycles. The molecule has 1 aromatic rings. The Bertz CT molecular complexity index is 611. The summed E-state index contributed by atoms with van der Waals surface area (Å²) in [6.07, 6.45) is -4.39. The Morgan fingerprint density at radius 2 is 1.71 bits per heavy atom. The van der Waals surface area contributed by atoms with E-state index in [-0.39, 0.29) is 12.8 Å². The molecule has 1 fully saturated rings. The van der Waals surface area contributed by atoms with Gasteiger partial charge in [0.05, 0.1) is 10.5 Å². The van der Waals surface area contributed by atoms with Crippen molar-refractivity contribution in [2.24, 2.45) is 0 Å². The average Bonchev–Trinajstić information content (AvgIpc) is 2.37. The molecule has 0 aliphatic carbocycles. The van der Waals surface area contributed by atoms with E-state index >= 15 is 0 Å². The Kier molecular flexibility index (Phi) is 3.67. The quantitative estimate of drug-likeness (QED) is 0.478. The van der Waals surface area contributed by atoms with Gasteiger partial charge in [-0.05, 0) is 18.6 Å². The first-order chi connectivity index (χ1) is 9.71. The number of nitrogens with zero attached hydrogens (tertiary/aromatic N) is 2. The minimum absolute atomic E-state index is 0.0178. The van der Waals surface area contributed by atoms with Gasteiger partial charge in [0.2, 0.25) is 11.8 Å². The molecule has 0 aromatic heterocycles. The van der Waals surface area contributed by atoms with Crippen LogP contribution in [0.5, 0.6) is 0 Å². The van der Waals surface area contributed by atoms with Gasteiger partial charge in [0.1, 0.15) is 5.69 Å². The van der Waals surface area contributed by atoms with Crippen molar-refractivity contribution in [2.45, 2.75) is 25.4 Å². The first kappa shape index (κ1) is 14.9.